The Morgan fingerprint density at radius 1 is 1.00 bits per heavy atom. The predicted molar refractivity (Wildman–Crippen MR) is 85.8 cm³/mol. The molecular weight excluding hydrogens is 244 g/mol. The van der Waals surface area contributed by atoms with Gasteiger partial charge in [0.05, 0.1) is 0 Å². The molecule has 0 aromatic carbocycles. The van der Waals surface area contributed by atoms with Gasteiger partial charge in [-0.2, -0.15) is 0 Å². The van der Waals surface area contributed by atoms with E-state index in [0.29, 0.717) is 17.5 Å². The Morgan fingerprint density at radius 2 is 1.50 bits per heavy atom. The van der Waals surface area contributed by atoms with E-state index in [0.717, 1.165) is 17.8 Å². The van der Waals surface area contributed by atoms with Crippen LogP contribution in [0.2, 0.25) is 0 Å². The molecular formula is C18H34N2. The molecule has 4 aliphatic carbocycles. The Bertz CT molecular complexity index is 301. The third-order valence-electron chi connectivity index (χ3n) is 6.55. The highest BCUT2D eigenvalue weighted by molar-refractivity contribution is 5.05. The van der Waals surface area contributed by atoms with Gasteiger partial charge in [0.15, 0.2) is 0 Å². The summed E-state index contributed by atoms with van der Waals surface area (Å²) in [7, 11) is 4.35. The fraction of sp³-hybridized carbons (Fsp3) is 1.00. The maximum atomic E-state index is 3.97. The molecule has 4 fully saturated rings. The highest BCUT2D eigenvalue weighted by atomic mass is 15.1. The molecule has 4 saturated carbocycles. The first kappa shape index (κ1) is 14.8. The van der Waals surface area contributed by atoms with Crippen molar-refractivity contribution in [3.05, 3.63) is 0 Å². The second-order valence-electron chi connectivity index (χ2n) is 8.66. The Labute approximate surface area is 125 Å². The molecule has 2 unspecified atom stereocenters. The van der Waals surface area contributed by atoms with Crippen molar-refractivity contribution in [2.45, 2.75) is 70.9 Å². The normalized spacial score (nSPS) is 42.1. The topological polar surface area (TPSA) is 15.3 Å². The third kappa shape index (κ3) is 2.92. The number of hydrogen-bond acceptors (Lipinski definition) is 2. The van der Waals surface area contributed by atoms with Gasteiger partial charge in [0.25, 0.3) is 0 Å². The smallest absolute Gasteiger partial charge is 0.00979 e. The molecule has 4 aliphatic rings. The average Bonchev–Trinajstić information content (AvgIpc) is 2.34. The van der Waals surface area contributed by atoms with E-state index in [1.807, 2.05) is 0 Å². The van der Waals surface area contributed by atoms with Crippen molar-refractivity contribution in [1.29, 1.82) is 0 Å². The summed E-state index contributed by atoms with van der Waals surface area (Å²) in [6, 6.07) is 1.37. The first-order chi connectivity index (χ1) is 9.47. The average molecular weight is 278 g/mol. The monoisotopic (exact) mass is 278 g/mol. The molecule has 116 valence electrons. The molecule has 0 radical (unpaired) electrons. The molecule has 20 heavy (non-hydrogen) atoms. The number of nitrogens with one attached hydrogen (secondary N) is 1. The van der Waals surface area contributed by atoms with E-state index >= 15 is 0 Å². The fourth-order valence-corrected chi connectivity index (χ4v) is 5.85. The summed E-state index contributed by atoms with van der Waals surface area (Å²) in [5.41, 5.74) is 0.654. The van der Waals surface area contributed by atoms with Crippen molar-refractivity contribution >= 4 is 0 Å². The summed E-state index contributed by atoms with van der Waals surface area (Å²) < 4.78 is 0. The van der Waals surface area contributed by atoms with E-state index in [1.54, 1.807) is 19.3 Å². The van der Waals surface area contributed by atoms with Gasteiger partial charge in [-0.15, -0.1) is 0 Å². The molecule has 0 amide bonds. The maximum Gasteiger partial charge on any atom is 0.00979 e. The lowest BCUT2D eigenvalue weighted by atomic mass is 9.48. The molecule has 0 saturated heterocycles. The predicted octanol–water partition coefficient (Wildman–Crippen LogP) is 3.52. The van der Waals surface area contributed by atoms with E-state index in [9.17, 15) is 0 Å². The number of rotatable bonds is 6. The molecule has 1 N–H and O–H groups in total. The summed E-state index contributed by atoms with van der Waals surface area (Å²) in [6.45, 7) is 6.06. The number of nitrogens with zero attached hydrogens (tertiary/aromatic N) is 1. The Hall–Kier alpha value is -0.0800. The van der Waals surface area contributed by atoms with Crippen molar-refractivity contribution in [1.82, 2.24) is 10.2 Å². The van der Waals surface area contributed by atoms with Crippen LogP contribution in [0.3, 0.4) is 0 Å². The standard InChI is InChI=1S/C18H34N2/c1-13(5-6-20(3)4)19-14(2)18-10-15-7-16(11-18)9-17(8-15)12-18/h13-17,19H,5-12H2,1-4H3. The van der Waals surface area contributed by atoms with E-state index in [4.69, 9.17) is 0 Å². The highest BCUT2D eigenvalue weighted by Gasteiger charge is 2.53. The molecule has 4 rings (SSSR count). The summed E-state index contributed by atoms with van der Waals surface area (Å²) in [5, 5.41) is 3.97. The zero-order valence-corrected chi connectivity index (χ0v) is 14.0. The van der Waals surface area contributed by atoms with Crippen LogP contribution in [0.4, 0.5) is 0 Å². The summed E-state index contributed by atoms with van der Waals surface area (Å²) in [5.74, 6) is 3.22. The van der Waals surface area contributed by atoms with Crippen LogP contribution in [0.5, 0.6) is 0 Å². The van der Waals surface area contributed by atoms with Crippen LogP contribution < -0.4 is 5.32 Å². The van der Waals surface area contributed by atoms with E-state index in [1.165, 1.54) is 32.2 Å². The zero-order valence-electron chi connectivity index (χ0n) is 14.0. The summed E-state index contributed by atoms with van der Waals surface area (Å²) in [6.07, 6.45) is 10.5. The lowest BCUT2D eigenvalue weighted by Gasteiger charge is -2.59. The van der Waals surface area contributed by atoms with Gasteiger partial charge in [-0.1, -0.05) is 0 Å². The van der Waals surface area contributed by atoms with Gasteiger partial charge in [0.1, 0.15) is 0 Å². The minimum absolute atomic E-state index is 0.653. The minimum atomic E-state index is 0.653. The zero-order chi connectivity index (χ0) is 14.3. The van der Waals surface area contributed by atoms with Crippen molar-refractivity contribution in [2.24, 2.45) is 23.2 Å². The largest absolute Gasteiger partial charge is 0.311 e. The second-order valence-corrected chi connectivity index (χ2v) is 8.66. The Balaban J connectivity index is 1.58. The fourth-order valence-electron chi connectivity index (χ4n) is 5.85. The van der Waals surface area contributed by atoms with Gasteiger partial charge < -0.3 is 10.2 Å². The maximum absolute atomic E-state index is 3.97. The SMILES string of the molecule is CC(CCN(C)C)NC(C)C12CC3CC(CC(C3)C1)C2. The molecule has 2 heteroatoms. The third-order valence-corrected chi connectivity index (χ3v) is 6.55. The highest BCUT2D eigenvalue weighted by Crippen LogP contribution is 2.61. The Morgan fingerprint density at radius 3 is 1.95 bits per heavy atom. The van der Waals surface area contributed by atoms with E-state index in [-0.39, 0.29) is 0 Å². The lowest BCUT2D eigenvalue weighted by Crippen LogP contribution is -2.56. The Kier molecular flexibility index (Phi) is 4.16. The van der Waals surface area contributed by atoms with Crippen LogP contribution in [0.25, 0.3) is 0 Å². The van der Waals surface area contributed by atoms with Crippen molar-refractivity contribution in [3.8, 4) is 0 Å². The molecule has 2 atom stereocenters. The van der Waals surface area contributed by atoms with Crippen LogP contribution in [0.15, 0.2) is 0 Å². The van der Waals surface area contributed by atoms with Crippen LogP contribution in [0.1, 0.15) is 58.8 Å². The van der Waals surface area contributed by atoms with Gasteiger partial charge in [0, 0.05) is 12.1 Å². The number of hydrogen-bond donors (Lipinski definition) is 1. The molecule has 2 nitrogen and oxygen atoms in total. The molecule has 0 aromatic heterocycles. The minimum Gasteiger partial charge on any atom is -0.311 e. The van der Waals surface area contributed by atoms with E-state index < -0.39 is 0 Å². The molecule has 4 bridgehead atoms. The van der Waals surface area contributed by atoms with Gasteiger partial charge in [-0.3, -0.25) is 0 Å². The van der Waals surface area contributed by atoms with Crippen molar-refractivity contribution < 1.29 is 0 Å². The van der Waals surface area contributed by atoms with Crippen LogP contribution in [0, 0.1) is 23.2 Å². The summed E-state index contributed by atoms with van der Waals surface area (Å²) in [4.78, 5) is 2.30. The van der Waals surface area contributed by atoms with Crippen LogP contribution in [-0.2, 0) is 0 Å². The summed E-state index contributed by atoms with van der Waals surface area (Å²) >= 11 is 0. The second kappa shape index (κ2) is 5.61. The van der Waals surface area contributed by atoms with Crippen molar-refractivity contribution in [2.75, 3.05) is 20.6 Å². The lowest BCUT2D eigenvalue weighted by molar-refractivity contribution is -0.0720. The van der Waals surface area contributed by atoms with E-state index in [2.05, 4.69) is 38.2 Å². The first-order valence-electron chi connectivity index (χ1n) is 8.87. The van der Waals surface area contributed by atoms with Gasteiger partial charge in [-0.05, 0) is 103 Å². The van der Waals surface area contributed by atoms with Crippen LogP contribution >= 0.6 is 0 Å². The van der Waals surface area contributed by atoms with Crippen LogP contribution in [-0.4, -0.2) is 37.6 Å². The molecule has 0 heterocycles. The molecule has 0 aliphatic heterocycles. The van der Waals surface area contributed by atoms with Gasteiger partial charge in [0.2, 0.25) is 0 Å². The quantitative estimate of drug-likeness (QED) is 0.800. The molecule has 0 aromatic rings. The van der Waals surface area contributed by atoms with Gasteiger partial charge >= 0.3 is 0 Å². The van der Waals surface area contributed by atoms with Gasteiger partial charge in [-0.25, -0.2) is 0 Å². The van der Waals surface area contributed by atoms with Crippen molar-refractivity contribution in [3.63, 3.8) is 0 Å². The molecule has 0 spiro atoms. The first-order valence-corrected chi connectivity index (χ1v) is 8.87.